The van der Waals surface area contributed by atoms with Crippen LogP contribution in [0.2, 0.25) is 0 Å². The van der Waals surface area contributed by atoms with Gasteiger partial charge in [0.2, 0.25) is 0 Å². The summed E-state index contributed by atoms with van der Waals surface area (Å²) < 4.78 is 0. The number of nitrogens with one attached hydrogen (secondary N) is 1. The summed E-state index contributed by atoms with van der Waals surface area (Å²) in [4.78, 5) is 14.7. The number of likely N-dealkylation sites (N-methyl/N-ethyl adjacent to an activating group) is 2. The Morgan fingerprint density at radius 1 is 1.32 bits per heavy atom. The highest BCUT2D eigenvalue weighted by molar-refractivity contribution is 5.84. The molecule has 0 amide bonds. The van der Waals surface area contributed by atoms with Crippen molar-refractivity contribution < 1.29 is 4.79 Å². The Balaban J connectivity index is 1.71. The van der Waals surface area contributed by atoms with Gasteiger partial charge in [0.05, 0.1) is 6.17 Å². The number of carbonyl (C=O) groups excluding carboxylic acids is 1. The summed E-state index contributed by atoms with van der Waals surface area (Å²) in [7, 11) is 4.14. The molecule has 0 aromatic heterocycles. The molecule has 2 aliphatic carbocycles. The summed E-state index contributed by atoms with van der Waals surface area (Å²) in [5.41, 5.74) is 2.82. The van der Waals surface area contributed by atoms with Crippen molar-refractivity contribution in [3.63, 3.8) is 0 Å². The van der Waals surface area contributed by atoms with Crippen molar-refractivity contribution in [1.29, 1.82) is 0 Å². The van der Waals surface area contributed by atoms with Gasteiger partial charge in [0.15, 0.2) is 0 Å². The molecule has 0 aromatic rings. The van der Waals surface area contributed by atoms with Gasteiger partial charge in [-0.2, -0.15) is 0 Å². The number of allylic oxidation sites excluding steroid dienone is 3. The van der Waals surface area contributed by atoms with E-state index in [1.54, 1.807) is 0 Å². The fourth-order valence-corrected chi connectivity index (χ4v) is 3.59. The fraction of sp³-hybridized carbons (Fsp3) is 0.688. The van der Waals surface area contributed by atoms with Crippen LogP contribution in [-0.4, -0.2) is 30.9 Å². The summed E-state index contributed by atoms with van der Waals surface area (Å²) in [5.74, 6) is 1.22. The molecule has 3 nitrogen and oxygen atoms in total. The van der Waals surface area contributed by atoms with Crippen LogP contribution in [0.25, 0.3) is 0 Å². The van der Waals surface area contributed by atoms with Gasteiger partial charge in [-0.1, -0.05) is 12.5 Å². The second-order valence-corrected chi connectivity index (χ2v) is 6.15. The Labute approximate surface area is 115 Å². The fourth-order valence-electron chi connectivity index (χ4n) is 3.59. The molecular formula is C16H24N2O. The summed E-state index contributed by atoms with van der Waals surface area (Å²) in [6, 6.07) is 0. The highest BCUT2D eigenvalue weighted by atomic mass is 16.1. The highest BCUT2D eigenvalue weighted by Gasteiger charge is 2.35. The van der Waals surface area contributed by atoms with Crippen LogP contribution in [0.4, 0.5) is 0 Å². The monoisotopic (exact) mass is 260 g/mol. The summed E-state index contributed by atoms with van der Waals surface area (Å²) >= 11 is 0. The second-order valence-electron chi connectivity index (χ2n) is 6.15. The number of hydrogen-bond donors (Lipinski definition) is 1. The zero-order chi connectivity index (χ0) is 13.4. The van der Waals surface area contributed by atoms with Crippen LogP contribution in [0, 0.1) is 11.8 Å². The molecule has 3 aliphatic rings. The first kappa shape index (κ1) is 12.9. The predicted octanol–water partition coefficient (Wildman–Crippen LogP) is 2.46. The molecule has 0 radical (unpaired) electrons. The number of hydrogen-bond acceptors (Lipinski definition) is 3. The van der Waals surface area contributed by atoms with Crippen molar-refractivity contribution in [2.45, 2.75) is 44.7 Å². The van der Waals surface area contributed by atoms with Gasteiger partial charge in [-0.15, -0.1) is 0 Å². The standard InChI is InChI=1S/C16H24N2O/c1-17-15-9-7-12-10-13(6-8-14(12)18(15)2)16(19)11-4-3-5-11/h7,9,11,13,15,17H,3-6,8,10H2,1-2H3/t13-,15?/m1/s1. The Hall–Kier alpha value is -1.09. The zero-order valence-corrected chi connectivity index (χ0v) is 12.0. The Bertz CT molecular complexity index is 434. The maximum atomic E-state index is 12.4. The van der Waals surface area contributed by atoms with Crippen molar-refractivity contribution in [1.82, 2.24) is 10.2 Å². The van der Waals surface area contributed by atoms with E-state index in [1.807, 2.05) is 7.05 Å². The molecule has 0 spiro atoms. The number of nitrogens with zero attached hydrogens (tertiary/aromatic N) is 1. The average molecular weight is 260 g/mol. The lowest BCUT2D eigenvalue weighted by Crippen LogP contribution is -2.43. The molecule has 3 heteroatoms. The first-order valence-corrected chi connectivity index (χ1v) is 7.54. The van der Waals surface area contributed by atoms with Gasteiger partial charge in [0, 0.05) is 24.6 Å². The van der Waals surface area contributed by atoms with Gasteiger partial charge in [-0.25, -0.2) is 0 Å². The number of rotatable bonds is 3. The van der Waals surface area contributed by atoms with E-state index in [2.05, 4.69) is 29.4 Å². The van der Waals surface area contributed by atoms with Crippen molar-refractivity contribution in [2.75, 3.05) is 14.1 Å². The first-order valence-electron chi connectivity index (χ1n) is 7.54. The molecule has 1 unspecified atom stereocenters. The van der Waals surface area contributed by atoms with Crippen LogP contribution in [0.5, 0.6) is 0 Å². The Morgan fingerprint density at radius 3 is 2.74 bits per heavy atom. The third-order valence-electron chi connectivity index (χ3n) is 5.09. The van der Waals surface area contributed by atoms with Gasteiger partial charge in [0.25, 0.3) is 0 Å². The van der Waals surface area contributed by atoms with Gasteiger partial charge in [-0.05, 0) is 50.8 Å². The first-order chi connectivity index (χ1) is 9.20. The molecule has 0 bridgehead atoms. The maximum Gasteiger partial charge on any atom is 0.139 e. The molecule has 2 atom stereocenters. The summed E-state index contributed by atoms with van der Waals surface area (Å²) in [6.07, 6.45) is 11.3. The zero-order valence-electron chi connectivity index (χ0n) is 12.0. The van der Waals surface area contributed by atoms with Crippen LogP contribution in [0.15, 0.2) is 23.4 Å². The van der Waals surface area contributed by atoms with E-state index >= 15 is 0 Å². The number of Topliss-reactive ketones (excluding diaryl/α,β-unsaturated/α-hetero) is 1. The quantitative estimate of drug-likeness (QED) is 0.846. The summed E-state index contributed by atoms with van der Waals surface area (Å²) in [5, 5.41) is 3.30. The second kappa shape index (κ2) is 5.12. The van der Waals surface area contributed by atoms with Crippen LogP contribution < -0.4 is 5.32 Å². The van der Waals surface area contributed by atoms with Crippen LogP contribution in [-0.2, 0) is 4.79 Å². The van der Waals surface area contributed by atoms with E-state index in [1.165, 1.54) is 17.7 Å². The van der Waals surface area contributed by atoms with E-state index in [4.69, 9.17) is 0 Å². The van der Waals surface area contributed by atoms with Crippen molar-refractivity contribution in [3.05, 3.63) is 23.4 Å². The lowest BCUT2D eigenvalue weighted by atomic mass is 9.73. The third kappa shape index (κ3) is 2.25. The van der Waals surface area contributed by atoms with Crippen molar-refractivity contribution in [3.8, 4) is 0 Å². The number of ketones is 1. The van der Waals surface area contributed by atoms with Crippen LogP contribution in [0.3, 0.4) is 0 Å². The third-order valence-corrected chi connectivity index (χ3v) is 5.09. The molecule has 1 fully saturated rings. The Morgan fingerprint density at radius 2 is 2.11 bits per heavy atom. The minimum absolute atomic E-state index is 0.285. The van der Waals surface area contributed by atoms with Crippen molar-refractivity contribution in [2.24, 2.45) is 11.8 Å². The molecule has 1 heterocycles. The minimum Gasteiger partial charge on any atom is -0.359 e. The van der Waals surface area contributed by atoms with E-state index in [9.17, 15) is 4.79 Å². The van der Waals surface area contributed by atoms with Crippen LogP contribution in [0.1, 0.15) is 38.5 Å². The molecule has 1 aliphatic heterocycles. The molecule has 104 valence electrons. The Kier molecular flexibility index (Phi) is 3.48. The average Bonchev–Trinajstić information content (AvgIpc) is 2.37. The largest absolute Gasteiger partial charge is 0.359 e. The van der Waals surface area contributed by atoms with E-state index in [-0.39, 0.29) is 5.92 Å². The van der Waals surface area contributed by atoms with E-state index in [0.717, 1.165) is 32.1 Å². The molecule has 3 rings (SSSR count). The normalized spacial score (nSPS) is 31.2. The van der Waals surface area contributed by atoms with E-state index < -0.39 is 0 Å². The lowest BCUT2D eigenvalue weighted by Gasteiger charge is -2.39. The van der Waals surface area contributed by atoms with Gasteiger partial charge in [-0.3, -0.25) is 10.1 Å². The van der Waals surface area contributed by atoms with Gasteiger partial charge < -0.3 is 4.90 Å². The topological polar surface area (TPSA) is 32.3 Å². The summed E-state index contributed by atoms with van der Waals surface area (Å²) in [6.45, 7) is 0. The highest BCUT2D eigenvalue weighted by Crippen LogP contribution is 2.39. The lowest BCUT2D eigenvalue weighted by molar-refractivity contribution is -0.129. The van der Waals surface area contributed by atoms with Gasteiger partial charge in [0.1, 0.15) is 5.78 Å². The maximum absolute atomic E-state index is 12.4. The number of carbonyl (C=O) groups is 1. The molecule has 0 aromatic carbocycles. The molecular weight excluding hydrogens is 236 g/mol. The minimum atomic E-state index is 0.285. The molecule has 0 saturated heterocycles. The smallest absolute Gasteiger partial charge is 0.139 e. The van der Waals surface area contributed by atoms with Crippen molar-refractivity contribution >= 4 is 5.78 Å². The van der Waals surface area contributed by atoms with E-state index in [0.29, 0.717) is 17.9 Å². The molecule has 19 heavy (non-hydrogen) atoms. The van der Waals surface area contributed by atoms with Gasteiger partial charge >= 0.3 is 0 Å². The van der Waals surface area contributed by atoms with Crippen LogP contribution >= 0.6 is 0 Å². The predicted molar refractivity (Wildman–Crippen MR) is 76.5 cm³/mol. The SMILES string of the molecule is CNC1C=CC2=C(CC[C@@H](C(=O)C3CCC3)C2)N1C. The molecule has 1 N–H and O–H groups in total. The molecule has 1 saturated carbocycles.